The van der Waals surface area contributed by atoms with Gasteiger partial charge in [0.1, 0.15) is 5.82 Å². The number of nitro benzene ring substituents is 1. The number of aromatic nitrogens is 3. The fraction of sp³-hybridized carbons (Fsp3) is 0.111. The lowest BCUT2D eigenvalue weighted by Crippen LogP contribution is -1.90. The molecule has 88 valence electrons. The van der Waals surface area contributed by atoms with Crippen molar-refractivity contribution in [3.63, 3.8) is 0 Å². The minimum Gasteiger partial charge on any atom is -0.502 e. The van der Waals surface area contributed by atoms with Crippen LogP contribution in [0, 0.1) is 10.1 Å². The van der Waals surface area contributed by atoms with E-state index in [0.29, 0.717) is 17.2 Å². The minimum atomic E-state index is -0.673. The molecular weight excluding hydrogens is 248 g/mol. The summed E-state index contributed by atoms with van der Waals surface area (Å²) in [4.78, 5) is 14.0. The minimum absolute atomic E-state index is 0.174. The Kier molecular flexibility index (Phi) is 2.92. The van der Waals surface area contributed by atoms with Crippen LogP contribution in [0.1, 0.15) is 5.82 Å². The number of aromatic hydroxyl groups is 1. The zero-order chi connectivity index (χ0) is 12.4. The van der Waals surface area contributed by atoms with Crippen molar-refractivity contribution in [2.24, 2.45) is 0 Å². The highest BCUT2D eigenvalue weighted by molar-refractivity contribution is 6.16. The van der Waals surface area contributed by atoms with Gasteiger partial charge in [0.15, 0.2) is 11.6 Å². The van der Waals surface area contributed by atoms with Crippen molar-refractivity contribution in [2.45, 2.75) is 5.88 Å². The lowest BCUT2D eigenvalue weighted by molar-refractivity contribution is -0.385. The van der Waals surface area contributed by atoms with Crippen molar-refractivity contribution >= 4 is 17.3 Å². The van der Waals surface area contributed by atoms with Crippen LogP contribution in [-0.4, -0.2) is 25.2 Å². The predicted molar refractivity (Wildman–Crippen MR) is 59.7 cm³/mol. The first-order valence-electron chi connectivity index (χ1n) is 4.57. The summed E-state index contributed by atoms with van der Waals surface area (Å²) >= 11 is 5.55. The Morgan fingerprint density at radius 3 is 2.88 bits per heavy atom. The third-order valence-electron chi connectivity index (χ3n) is 2.09. The fourth-order valence-corrected chi connectivity index (χ4v) is 1.41. The van der Waals surface area contributed by atoms with Crippen LogP contribution in [0.15, 0.2) is 18.2 Å². The van der Waals surface area contributed by atoms with Crippen molar-refractivity contribution in [3.8, 4) is 17.1 Å². The van der Waals surface area contributed by atoms with Gasteiger partial charge in [-0.3, -0.25) is 15.2 Å². The van der Waals surface area contributed by atoms with E-state index < -0.39 is 10.7 Å². The molecule has 0 atom stereocenters. The molecule has 0 radical (unpaired) electrons. The predicted octanol–water partition coefficient (Wildman–Crippen LogP) is 1.82. The van der Waals surface area contributed by atoms with Crippen LogP contribution in [0.25, 0.3) is 11.4 Å². The Balaban J connectivity index is 2.46. The number of hydrogen-bond donors (Lipinski definition) is 2. The third-order valence-corrected chi connectivity index (χ3v) is 2.34. The van der Waals surface area contributed by atoms with Crippen molar-refractivity contribution < 1.29 is 10.0 Å². The van der Waals surface area contributed by atoms with E-state index in [2.05, 4.69) is 15.2 Å². The van der Waals surface area contributed by atoms with Crippen LogP contribution in [-0.2, 0) is 5.88 Å². The average Bonchev–Trinajstić information content (AvgIpc) is 2.78. The summed E-state index contributed by atoms with van der Waals surface area (Å²) < 4.78 is 0. The molecule has 0 amide bonds. The Hall–Kier alpha value is -2.15. The number of H-pyrrole nitrogens is 1. The van der Waals surface area contributed by atoms with Gasteiger partial charge in [0.25, 0.3) is 0 Å². The maximum Gasteiger partial charge on any atom is 0.311 e. The number of nitro groups is 1. The van der Waals surface area contributed by atoms with Crippen LogP contribution < -0.4 is 0 Å². The summed E-state index contributed by atoms with van der Waals surface area (Å²) in [6, 6.07) is 3.92. The van der Waals surface area contributed by atoms with Crippen LogP contribution in [0.4, 0.5) is 5.69 Å². The second-order valence-corrected chi connectivity index (χ2v) is 3.47. The van der Waals surface area contributed by atoms with Gasteiger partial charge < -0.3 is 5.11 Å². The van der Waals surface area contributed by atoms with E-state index >= 15 is 0 Å². The SMILES string of the molecule is O=[N+]([O-])c1cc(-c2n[nH]c(CCl)n2)ccc1O. The van der Waals surface area contributed by atoms with Crippen LogP contribution in [0.2, 0.25) is 0 Å². The Morgan fingerprint density at radius 2 is 2.29 bits per heavy atom. The third kappa shape index (κ3) is 2.18. The van der Waals surface area contributed by atoms with Gasteiger partial charge in [-0.05, 0) is 12.1 Å². The molecule has 0 saturated carbocycles. The molecule has 0 aliphatic rings. The first-order chi connectivity index (χ1) is 8.11. The lowest BCUT2D eigenvalue weighted by atomic mass is 10.2. The van der Waals surface area contributed by atoms with Gasteiger partial charge in [0.2, 0.25) is 0 Å². The Morgan fingerprint density at radius 1 is 1.53 bits per heavy atom. The highest BCUT2D eigenvalue weighted by atomic mass is 35.5. The highest BCUT2D eigenvalue weighted by Gasteiger charge is 2.16. The number of rotatable bonds is 3. The molecule has 0 aliphatic carbocycles. The summed E-state index contributed by atoms with van der Waals surface area (Å²) in [6.07, 6.45) is 0. The number of hydrogen-bond acceptors (Lipinski definition) is 5. The number of phenolic OH excluding ortho intramolecular Hbond substituents is 1. The molecule has 17 heavy (non-hydrogen) atoms. The molecule has 2 aromatic rings. The van der Waals surface area contributed by atoms with Gasteiger partial charge in [-0.15, -0.1) is 11.6 Å². The van der Waals surface area contributed by atoms with E-state index in [-0.39, 0.29) is 11.6 Å². The molecular formula is C9H7ClN4O3. The normalized spacial score (nSPS) is 10.4. The molecule has 2 rings (SSSR count). The molecule has 0 bridgehead atoms. The molecule has 0 saturated heterocycles. The lowest BCUT2D eigenvalue weighted by Gasteiger charge is -1.98. The van der Waals surface area contributed by atoms with Gasteiger partial charge in [-0.2, -0.15) is 5.10 Å². The standard InChI is InChI=1S/C9H7ClN4O3/c10-4-8-11-9(13-12-8)5-1-2-7(15)6(3-5)14(16)17/h1-3,15H,4H2,(H,11,12,13). The van der Waals surface area contributed by atoms with E-state index in [4.69, 9.17) is 11.6 Å². The maximum absolute atomic E-state index is 10.6. The zero-order valence-electron chi connectivity index (χ0n) is 8.42. The first kappa shape index (κ1) is 11.3. The van der Waals surface area contributed by atoms with Crippen LogP contribution in [0.3, 0.4) is 0 Å². The van der Waals surface area contributed by atoms with E-state index in [1.807, 2.05) is 0 Å². The topological polar surface area (TPSA) is 105 Å². The van der Waals surface area contributed by atoms with Gasteiger partial charge in [0, 0.05) is 11.6 Å². The van der Waals surface area contributed by atoms with Crippen molar-refractivity contribution in [2.75, 3.05) is 0 Å². The van der Waals surface area contributed by atoms with E-state index in [1.165, 1.54) is 18.2 Å². The summed E-state index contributed by atoms with van der Waals surface area (Å²) in [7, 11) is 0. The van der Waals surface area contributed by atoms with Gasteiger partial charge in [-0.1, -0.05) is 0 Å². The van der Waals surface area contributed by atoms with E-state index in [1.54, 1.807) is 0 Å². The molecule has 0 fully saturated rings. The molecule has 0 unspecified atom stereocenters. The molecule has 2 N–H and O–H groups in total. The molecule has 1 aromatic carbocycles. The molecule has 7 nitrogen and oxygen atoms in total. The van der Waals surface area contributed by atoms with E-state index in [9.17, 15) is 15.2 Å². The van der Waals surface area contributed by atoms with Crippen LogP contribution >= 0.6 is 11.6 Å². The summed E-state index contributed by atoms with van der Waals surface area (Å²) in [6.45, 7) is 0. The Bertz CT molecular complexity index is 569. The number of halogens is 1. The van der Waals surface area contributed by atoms with Gasteiger partial charge >= 0.3 is 5.69 Å². The summed E-state index contributed by atoms with van der Waals surface area (Å²) in [5, 5.41) is 26.4. The molecule has 0 spiro atoms. The number of nitrogens with zero attached hydrogens (tertiary/aromatic N) is 3. The Labute approximate surface area is 100 Å². The number of phenols is 1. The smallest absolute Gasteiger partial charge is 0.311 e. The van der Waals surface area contributed by atoms with Crippen molar-refractivity contribution in [3.05, 3.63) is 34.1 Å². The zero-order valence-corrected chi connectivity index (χ0v) is 9.18. The van der Waals surface area contributed by atoms with Crippen molar-refractivity contribution in [1.29, 1.82) is 0 Å². The number of benzene rings is 1. The second kappa shape index (κ2) is 4.38. The highest BCUT2D eigenvalue weighted by Crippen LogP contribution is 2.29. The van der Waals surface area contributed by atoms with E-state index in [0.717, 1.165) is 0 Å². The van der Waals surface area contributed by atoms with Crippen molar-refractivity contribution in [1.82, 2.24) is 15.2 Å². The largest absolute Gasteiger partial charge is 0.502 e. The monoisotopic (exact) mass is 254 g/mol. The fourth-order valence-electron chi connectivity index (χ4n) is 1.29. The summed E-state index contributed by atoms with van der Waals surface area (Å²) in [5.41, 5.74) is 0.0434. The molecule has 0 aliphatic heterocycles. The molecule has 1 heterocycles. The maximum atomic E-state index is 10.6. The van der Waals surface area contributed by atoms with Gasteiger partial charge in [0.05, 0.1) is 10.8 Å². The van der Waals surface area contributed by atoms with Crippen LogP contribution in [0.5, 0.6) is 5.75 Å². The number of aromatic amines is 1. The second-order valence-electron chi connectivity index (χ2n) is 3.20. The number of alkyl halides is 1. The molecule has 1 aromatic heterocycles. The number of nitrogens with one attached hydrogen (secondary N) is 1. The molecule has 8 heteroatoms. The average molecular weight is 255 g/mol. The quantitative estimate of drug-likeness (QED) is 0.494. The van der Waals surface area contributed by atoms with Gasteiger partial charge in [-0.25, -0.2) is 4.98 Å². The first-order valence-corrected chi connectivity index (χ1v) is 5.10. The summed E-state index contributed by atoms with van der Waals surface area (Å²) in [5.74, 6) is 0.542.